The molecule has 4 rings (SSSR count). The lowest BCUT2D eigenvalue weighted by molar-refractivity contribution is -0.305. The van der Waals surface area contributed by atoms with E-state index in [-0.39, 0.29) is 50.1 Å². The van der Waals surface area contributed by atoms with E-state index >= 15 is 0 Å². The molecule has 6 amide bonds. The van der Waals surface area contributed by atoms with Gasteiger partial charge in [0.05, 0.1) is 43.1 Å². The van der Waals surface area contributed by atoms with Crippen LogP contribution in [0.1, 0.15) is 129 Å². The van der Waals surface area contributed by atoms with Crippen molar-refractivity contribution in [3.63, 3.8) is 0 Å². The van der Waals surface area contributed by atoms with Crippen LogP contribution < -0.4 is 31.9 Å². The van der Waals surface area contributed by atoms with Gasteiger partial charge >= 0.3 is 30.5 Å². The molecule has 77 heavy (non-hydrogen) atoms. The average molecular weight is 1100 g/mol. The summed E-state index contributed by atoms with van der Waals surface area (Å²) < 4.78 is 46.3. The normalized spacial score (nSPS) is 30.0. The maximum absolute atomic E-state index is 14.0. The Morgan fingerprint density at radius 2 is 1.34 bits per heavy atom. The summed E-state index contributed by atoms with van der Waals surface area (Å²) in [6.07, 6.45) is -11.2. The number of nitrogens with one attached hydrogen (secondary N) is 6. The van der Waals surface area contributed by atoms with Crippen LogP contribution in [-0.4, -0.2) is 190 Å². The summed E-state index contributed by atoms with van der Waals surface area (Å²) in [5, 5.41) is 64.8. The molecule has 2 heterocycles. The Hall–Kier alpha value is -5.18. The number of carbonyl (C=O) groups excluding carboxylic acids is 6. The highest BCUT2D eigenvalue weighted by molar-refractivity contribution is 5.81. The monoisotopic (exact) mass is 1100 g/mol. The number of allylic oxidation sites excluding steroid dienone is 1. The predicted octanol–water partition coefficient (Wildman–Crippen LogP) is 3.30. The number of alkyl carbamates (subject to hydrolysis) is 4. The third kappa shape index (κ3) is 20.5. The molecule has 0 bridgehead atoms. The molecule has 2 saturated carbocycles. The maximum atomic E-state index is 14.0. The van der Waals surface area contributed by atoms with Crippen LogP contribution in [0.25, 0.3) is 0 Å². The summed E-state index contributed by atoms with van der Waals surface area (Å²) in [4.78, 5) is 80.2. The Bertz CT molecular complexity index is 2090. The number of aliphatic hydroxyl groups is 4. The summed E-state index contributed by atoms with van der Waals surface area (Å²) in [6.45, 7) is 26.8. The summed E-state index contributed by atoms with van der Waals surface area (Å²) in [5.41, 5.74) is -5.30. The Kier molecular flexibility index (Phi) is 21.9. The lowest BCUT2D eigenvalue weighted by atomic mass is 9.72. The highest BCUT2D eigenvalue weighted by Crippen LogP contribution is 2.39. The van der Waals surface area contributed by atoms with Gasteiger partial charge in [-0.25, -0.2) is 24.0 Å². The molecule has 2 aliphatic heterocycles. The van der Waals surface area contributed by atoms with Crippen LogP contribution in [-0.2, 0) is 42.7 Å². The first-order valence-electron chi connectivity index (χ1n) is 26.3. The minimum absolute atomic E-state index is 0.0579. The molecule has 3 fully saturated rings. The lowest BCUT2D eigenvalue weighted by Crippen LogP contribution is -2.71. The Labute approximate surface area is 452 Å². The van der Waals surface area contributed by atoms with E-state index in [4.69, 9.17) is 37.9 Å². The summed E-state index contributed by atoms with van der Waals surface area (Å²) in [6, 6.07) is -4.97. The SMILES string of the molecule is C=C(C)OC(=O)N[C@@H]1CC=C(CNC[C@H]2C[C@H](NC(=O)OC(C)(C)C)C2)O[C@@H]1C1[C@@H](NC(=O)OC(C)(C)C)C[C@@H](NC(=O)[C@@H](O)CCNC(=O)OC(C)(C)C)[C@H](O[C@H]2OC[C@](C)(O)[C@H](N(C)C(=O)OC(C)(C)C)[C@H]2O)[C@H]1O. The van der Waals surface area contributed by atoms with E-state index in [9.17, 15) is 49.2 Å². The third-order valence-corrected chi connectivity index (χ3v) is 12.6. The Morgan fingerprint density at radius 1 is 0.779 bits per heavy atom. The van der Waals surface area contributed by atoms with Gasteiger partial charge in [-0.15, -0.1) is 0 Å². The summed E-state index contributed by atoms with van der Waals surface area (Å²) in [7, 11) is 1.32. The van der Waals surface area contributed by atoms with E-state index in [0.29, 0.717) is 25.1 Å². The van der Waals surface area contributed by atoms with Crippen LogP contribution in [0.3, 0.4) is 0 Å². The fraction of sp³-hybridized carbons (Fsp3) is 0.808. The number of ether oxygens (including phenoxy) is 8. The van der Waals surface area contributed by atoms with Crippen molar-refractivity contribution in [1.29, 1.82) is 0 Å². The van der Waals surface area contributed by atoms with E-state index in [1.807, 2.05) is 0 Å². The van der Waals surface area contributed by atoms with Crippen molar-refractivity contribution < 1.29 is 87.1 Å². The molecule has 2 aliphatic carbocycles. The van der Waals surface area contributed by atoms with Crippen molar-refractivity contribution in [1.82, 2.24) is 36.8 Å². The molecule has 1 unspecified atom stereocenters. The smallest absolute Gasteiger partial charge is 0.412 e. The van der Waals surface area contributed by atoms with Crippen molar-refractivity contribution in [2.45, 2.75) is 224 Å². The van der Waals surface area contributed by atoms with Crippen molar-refractivity contribution in [2.24, 2.45) is 11.8 Å². The molecule has 0 radical (unpaired) electrons. The number of rotatable bonds is 17. The van der Waals surface area contributed by atoms with Gasteiger partial charge < -0.3 is 95.1 Å². The molecule has 12 atom stereocenters. The van der Waals surface area contributed by atoms with Crippen molar-refractivity contribution in [3.8, 4) is 0 Å². The van der Waals surface area contributed by atoms with Crippen LogP contribution in [0.15, 0.2) is 24.2 Å². The van der Waals surface area contributed by atoms with Gasteiger partial charge in [-0.3, -0.25) is 4.79 Å². The van der Waals surface area contributed by atoms with Gasteiger partial charge in [0.25, 0.3) is 0 Å². The van der Waals surface area contributed by atoms with Crippen molar-refractivity contribution >= 4 is 36.4 Å². The van der Waals surface area contributed by atoms with Crippen LogP contribution in [0.2, 0.25) is 0 Å². The number of likely N-dealkylation sites (N-methyl/N-ethyl adjacent to an activating group) is 1. The molecular weight excluding hydrogens is 1010 g/mol. The molecule has 25 heteroatoms. The molecule has 4 aliphatic rings. The molecule has 1 saturated heterocycles. The van der Waals surface area contributed by atoms with Gasteiger partial charge in [0.15, 0.2) is 6.29 Å². The zero-order chi connectivity index (χ0) is 58.2. The zero-order valence-electron chi connectivity index (χ0n) is 47.6. The van der Waals surface area contributed by atoms with E-state index < -0.39 is 138 Å². The topological polar surface area (TPSA) is 333 Å². The maximum Gasteiger partial charge on any atom is 0.412 e. The molecule has 25 nitrogen and oxygen atoms in total. The third-order valence-electron chi connectivity index (χ3n) is 12.6. The van der Waals surface area contributed by atoms with Crippen LogP contribution in [0.5, 0.6) is 0 Å². The molecule has 0 aromatic carbocycles. The van der Waals surface area contributed by atoms with E-state index in [2.05, 4.69) is 38.5 Å². The van der Waals surface area contributed by atoms with Crippen molar-refractivity contribution in [2.75, 3.05) is 33.3 Å². The summed E-state index contributed by atoms with van der Waals surface area (Å²) >= 11 is 0. The Morgan fingerprint density at radius 3 is 1.91 bits per heavy atom. The summed E-state index contributed by atoms with van der Waals surface area (Å²) in [5.74, 6) is -1.55. The highest BCUT2D eigenvalue weighted by atomic mass is 16.7. The van der Waals surface area contributed by atoms with Gasteiger partial charge in [-0.05, 0) is 148 Å². The molecule has 0 aromatic rings. The number of hydrogen-bond acceptors (Lipinski definition) is 19. The van der Waals surface area contributed by atoms with Crippen LogP contribution in [0, 0.1) is 11.8 Å². The van der Waals surface area contributed by atoms with Crippen LogP contribution >= 0.6 is 0 Å². The van der Waals surface area contributed by atoms with Crippen molar-refractivity contribution in [3.05, 3.63) is 24.2 Å². The molecule has 0 aromatic heterocycles. The number of carbonyl (C=O) groups is 6. The van der Waals surface area contributed by atoms with Gasteiger partial charge in [-0.1, -0.05) is 6.58 Å². The quantitative estimate of drug-likeness (QED) is 0.0738. The first-order chi connectivity index (χ1) is 35.3. The van der Waals surface area contributed by atoms with Crippen LogP contribution in [0.4, 0.5) is 24.0 Å². The second-order valence-corrected chi connectivity index (χ2v) is 24.7. The minimum atomic E-state index is -1.88. The zero-order valence-corrected chi connectivity index (χ0v) is 47.6. The second kappa shape index (κ2) is 26.2. The fourth-order valence-corrected chi connectivity index (χ4v) is 9.50. The van der Waals surface area contributed by atoms with E-state index in [1.165, 1.54) is 20.9 Å². The molecular formula is C52H89N7O18. The number of amides is 6. The van der Waals surface area contributed by atoms with Gasteiger partial charge in [0, 0.05) is 31.6 Å². The predicted molar refractivity (Wildman–Crippen MR) is 278 cm³/mol. The number of aliphatic hydroxyl groups excluding tert-OH is 3. The number of nitrogens with zero attached hydrogens (tertiary/aromatic N) is 1. The van der Waals surface area contributed by atoms with E-state index in [1.54, 1.807) is 89.2 Å². The van der Waals surface area contributed by atoms with Gasteiger partial charge in [-0.2, -0.15) is 0 Å². The largest absolute Gasteiger partial charge is 0.491 e. The fourth-order valence-electron chi connectivity index (χ4n) is 9.50. The van der Waals surface area contributed by atoms with Gasteiger partial charge in [0.1, 0.15) is 58.2 Å². The minimum Gasteiger partial charge on any atom is -0.491 e. The Balaban J connectivity index is 1.72. The number of hydrogen-bond donors (Lipinski definition) is 10. The second-order valence-electron chi connectivity index (χ2n) is 24.7. The molecule has 0 spiro atoms. The highest BCUT2D eigenvalue weighted by Gasteiger charge is 2.57. The van der Waals surface area contributed by atoms with Gasteiger partial charge in [0.2, 0.25) is 5.91 Å². The van der Waals surface area contributed by atoms with E-state index in [0.717, 1.165) is 4.90 Å². The standard InChI is InChI=1S/C52H89N7O18/c1-27(2)71-44(65)57-31-18-17-30(25-53-24-28-21-29(22-28)55-45(66)75-49(6,7)8)72-38(31)35-32(58-46(67)76-50(9,10)11)23-33(56-41(63)34(60)19-20-54-43(64)74-48(3,4)5)39(36(35)61)73-42-37(62)40(52(15,69)26-70-42)59(16)47(68)77-51(12,13)14/h17,28-29,31-40,42,53,60-62,69H,1,18-26H2,2-16H3,(H,54,64)(H,55,66)(H,56,63)(H,57,65)(H,58,67)/t28-,29-,31-,32+,33-,34+,35?,36+,37-,38+,39+,40-,42-,52+/m1/s1. The molecule has 10 N–H and O–H groups in total. The first kappa shape index (κ1) is 64.3. The average Bonchev–Trinajstić information content (AvgIpc) is 3.22. The molecule has 440 valence electrons. The first-order valence-corrected chi connectivity index (χ1v) is 26.3. The lowest BCUT2D eigenvalue weighted by Gasteiger charge is -2.52.